The Morgan fingerprint density at radius 3 is 2.13 bits per heavy atom. The lowest BCUT2D eigenvalue weighted by atomic mass is 9.77. The maximum absolute atomic E-state index is 6.31. The summed E-state index contributed by atoms with van der Waals surface area (Å²) < 4.78 is 0. The fourth-order valence-corrected chi connectivity index (χ4v) is 3.11. The Morgan fingerprint density at radius 1 is 1.07 bits per heavy atom. The third-order valence-electron chi connectivity index (χ3n) is 4.36. The highest BCUT2D eigenvalue weighted by molar-refractivity contribution is 4.95. The van der Waals surface area contributed by atoms with Crippen molar-refractivity contribution in [1.29, 1.82) is 0 Å². The summed E-state index contributed by atoms with van der Waals surface area (Å²) >= 11 is 0. The van der Waals surface area contributed by atoms with Crippen LogP contribution in [0, 0.1) is 0 Å². The molecule has 2 fully saturated rings. The summed E-state index contributed by atoms with van der Waals surface area (Å²) in [5.41, 5.74) is 6.48. The van der Waals surface area contributed by atoms with Crippen LogP contribution in [0.1, 0.15) is 57.8 Å². The molecule has 15 heavy (non-hydrogen) atoms. The molecule has 2 nitrogen and oxygen atoms in total. The molecule has 2 heteroatoms. The monoisotopic (exact) mass is 210 g/mol. The minimum Gasteiger partial charge on any atom is -0.324 e. The number of rotatable bonds is 3. The summed E-state index contributed by atoms with van der Waals surface area (Å²) in [5.74, 6) is 0. The Labute approximate surface area is 94.2 Å². The van der Waals surface area contributed by atoms with Gasteiger partial charge in [-0.1, -0.05) is 25.7 Å². The summed E-state index contributed by atoms with van der Waals surface area (Å²) in [4.78, 5) is 2.55. The number of likely N-dealkylation sites (N-methyl/N-ethyl adjacent to an activating group) is 1. The molecule has 2 N–H and O–H groups in total. The predicted octanol–water partition coefficient (Wildman–Crippen LogP) is 2.52. The van der Waals surface area contributed by atoms with Crippen molar-refractivity contribution in [3.05, 3.63) is 0 Å². The van der Waals surface area contributed by atoms with Gasteiger partial charge in [0.05, 0.1) is 0 Å². The second-order valence-corrected chi connectivity index (χ2v) is 5.78. The van der Waals surface area contributed by atoms with Crippen molar-refractivity contribution in [1.82, 2.24) is 4.90 Å². The standard InChI is InChI=1S/C13H26N2/c1-15(11-13(14)9-6-10-13)12-7-4-2-3-5-8-12/h12H,2-11,14H2,1H3. The van der Waals surface area contributed by atoms with Gasteiger partial charge in [-0.15, -0.1) is 0 Å². The molecule has 0 atom stereocenters. The van der Waals surface area contributed by atoms with Crippen LogP contribution in [0.15, 0.2) is 0 Å². The lowest BCUT2D eigenvalue weighted by Crippen LogP contribution is -2.55. The van der Waals surface area contributed by atoms with Crippen LogP contribution in [-0.4, -0.2) is 30.1 Å². The highest BCUT2D eigenvalue weighted by Gasteiger charge is 2.34. The lowest BCUT2D eigenvalue weighted by molar-refractivity contribution is 0.124. The first-order valence-electron chi connectivity index (χ1n) is 6.69. The summed E-state index contributed by atoms with van der Waals surface area (Å²) in [7, 11) is 2.28. The van der Waals surface area contributed by atoms with Gasteiger partial charge in [0.2, 0.25) is 0 Å². The normalized spacial score (nSPS) is 27.4. The minimum atomic E-state index is 0.168. The first-order chi connectivity index (χ1) is 7.20. The van der Waals surface area contributed by atoms with E-state index in [0.29, 0.717) is 0 Å². The first kappa shape index (κ1) is 11.4. The molecule has 88 valence electrons. The van der Waals surface area contributed by atoms with Gasteiger partial charge in [0.1, 0.15) is 0 Å². The van der Waals surface area contributed by atoms with E-state index in [0.717, 1.165) is 12.6 Å². The molecule has 0 aromatic heterocycles. The molecular formula is C13H26N2. The summed E-state index contributed by atoms with van der Waals surface area (Å²) in [5, 5.41) is 0. The Kier molecular flexibility index (Phi) is 3.68. The molecule has 0 aromatic rings. The van der Waals surface area contributed by atoms with E-state index in [9.17, 15) is 0 Å². The SMILES string of the molecule is CN(CC1(N)CCC1)C1CCCCCC1. The second kappa shape index (κ2) is 4.84. The van der Waals surface area contributed by atoms with E-state index in [1.54, 1.807) is 0 Å². The summed E-state index contributed by atoms with van der Waals surface area (Å²) in [6.45, 7) is 1.12. The van der Waals surface area contributed by atoms with Gasteiger partial charge in [0.25, 0.3) is 0 Å². The predicted molar refractivity (Wildman–Crippen MR) is 64.9 cm³/mol. The van der Waals surface area contributed by atoms with E-state index < -0.39 is 0 Å². The van der Waals surface area contributed by atoms with E-state index in [2.05, 4.69) is 11.9 Å². The molecule has 0 bridgehead atoms. The summed E-state index contributed by atoms with van der Waals surface area (Å²) in [6.07, 6.45) is 12.3. The molecule has 2 saturated carbocycles. The zero-order valence-electron chi connectivity index (χ0n) is 10.2. The average Bonchev–Trinajstić information content (AvgIpc) is 2.43. The minimum absolute atomic E-state index is 0.168. The van der Waals surface area contributed by atoms with E-state index in [1.807, 2.05) is 0 Å². The molecule has 0 amide bonds. The van der Waals surface area contributed by atoms with Crippen molar-refractivity contribution in [2.24, 2.45) is 5.73 Å². The molecule has 2 rings (SSSR count). The fourth-order valence-electron chi connectivity index (χ4n) is 3.11. The van der Waals surface area contributed by atoms with E-state index in [1.165, 1.54) is 57.8 Å². The first-order valence-corrected chi connectivity index (χ1v) is 6.69. The number of hydrogen-bond donors (Lipinski definition) is 1. The Balaban J connectivity index is 1.80. The Morgan fingerprint density at radius 2 is 1.67 bits per heavy atom. The molecule has 0 aliphatic heterocycles. The Bertz CT molecular complexity index is 191. The zero-order chi connectivity index (χ0) is 10.7. The number of hydrogen-bond acceptors (Lipinski definition) is 2. The van der Waals surface area contributed by atoms with Crippen molar-refractivity contribution in [2.75, 3.05) is 13.6 Å². The molecule has 0 radical (unpaired) electrons. The van der Waals surface area contributed by atoms with Crippen molar-refractivity contribution < 1.29 is 0 Å². The molecule has 2 aliphatic carbocycles. The van der Waals surface area contributed by atoms with Gasteiger partial charge >= 0.3 is 0 Å². The number of nitrogens with two attached hydrogens (primary N) is 1. The molecular weight excluding hydrogens is 184 g/mol. The topological polar surface area (TPSA) is 29.3 Å². The molecule has 0 spiro atoms. The largest absolute Gasteiger partial charge is 0.324 e. The number of nitrogens with zero attached hydrogens (tertiary/aromatic N) is 1. The summed E-state index contributed by atoms with van der Waals surface area (Å²) in [6, 6.07) is 0.813. The van der Waals surface area contributed by atoms with Crippen LogP contribution in [0.3, 0.4) is 0 Å². The van der Waals surface area contributed by atoms with Gasteiger partial charge in [-0.3, -0.25) is 0 Å². The van der Waals surface area contributed by atoms with E-state index in [4.69, 9.17) is 5.73 Å². The third-order valence-corrected chi connectivity index (χ3v) is 4.36. The van der Waals surface area contributed by atoms with Crippen LogP contribution in [0.25, 0.3) is 0 Å². The molecule has 0 saturated heterocycles. The molecule has 2 aliphatic rings. The third kappa shape index (κ3) is 2.94. The molecule has 0 unspecified atom stereocenters. The maximum Gasteiger partial charge on any atom is 0.0283 e. The van der Waals surface area contributed by atoms with Crippen LogP contribution < -0.4 is 5.73 Å². The smallest absolute Gasteiger partial charge is 0.0283 e. The van der Waals surface area contributed by atoms with Crippen LogP contribution in [0.5, 0.6) is 0 Å². The van der Waals surface area contributed by atoms with Crippen LogP contribution in [0.4, 0.5) is 0 Å². The van der Waals surface area contributed by atoms with Gasteiger partial charge in [-0.25, -0.2) is 0 Å². The molecule has 0 heterocycles. The van der Waals surface area contributed by atoms with Gasteiger partial charge in [-0.2, -0.15) is 0 Å². The van der Waals surface area contributed by atoms with Crippen molar-refractivity contribution in [2.45, 2.75) is 69.4 Å². The highest BCUT2D eigenvalue weighted by Crippen LogP contribution is 2.31. The van der Waals surface area contributed by atoms with Crippen LogP contribution in [-0.2, 0) is 0 Å². The quantitative estimate of drug-likeness (QED) is 0.725. The van der Waals surface area contributed by atoms with Crippen molar-refractivity contribution in [3.63, 3.8) is 0 Å². The zero-order valence-corrected chi connectivity index (χ0v) is 10.2. The maximum atomic E-state index is 6.31. The van der Waals surface area contributed by atoms with Gasteiger partial charge in [0, 0.05) is 18.1 Å². The van der Waals surface area contributed by atoms with E-state index >= 15 is 0 Å². The van der Waals surface area contributed by atoms with E-state index in [-0.39, 0.29) is 5.54 Å². The lowest BCUT2D eigenvalue weighted by Gasteiger charge is -2.43. The van der Waals surface area contributed by atoms with Crippen molar-refractivity contribution in [3.8, 4) is 0 Å². The van der Waals surface area contributed by atoms with Gasteiger partial charge in [0.15, 0.2) is 0 Å². The second-order valence-electron chi connectivity index (χ2n) is 5.78. The van der Waals surface area contributed by atoms with Crippen molar-refractivity contribution >= 4 is 0 Å². The van der Waals surface area contributed by atoms with Crippen LogP contribution >= 0.6 is 0 Å². The fraction of sp³-hybridized carbons (Fsp3) is 1.00. The average molecular weight is 210 g/mol. The van der Waals surface area contributed by atoms with Gasteiger partial charge in [-0.05, 0) is 39.2 Å². The van der Waals surface area contributed by atoms with Gasteiger partial charge < -0.3 is 10.6 Å². The molecule has 0 aromatic carbocycles. The van der Waals surface area contributed by atoms with Crippen LogP contribution in [0.2, 0.25) is 0 Å². The Hall–Kier alpha value is -0.0800. The highest BCUT2D eigenvalue weighted by atomic mass is 15.2.